The van der Waals surface area contributed by atoms with Gasteiger partial charge in [0, 0.05) is 61.3 Å². The van der Waals surface area contributed by atoms with E-state index in [9.17, 15) is 30.4 Å². The highest BCUT2D eigenvalue weighted by Gasteiger charge is 2.06. The summed E-state index contributed by atoms with van der Waals surface area (Å²) in [6, 6.07) is 7.00. The molecule has 10 nitrogen and oxygen atoms in total. The first-order valence-corrected chi connectivity index (χ1v) is 11.0. The fourth-order valence-corrected chi connectivity index (χ4v) is 3.87. The van der Waals surface area contributed by atoms with Crippen LogP contribution in [0.3, 0.4) is 0 Å². The van der Waals surface area contributed by atoms with Gasteiger partial charge in [0.25, 0.3) is 11.4 Å². The smallest absolute Gasteiger partial charge is 0.270 e. The van der Waals surface area contributed by atoms with Crippen molar-refractivity contribution in [3.05, 3.63) is 67.8 Å². The molecular formula is C18H16N4O6S2-2. The number of hydrogen-bond acceptors (Lipinski definition) is 10. The van der Waals surface area contributed by atoms with Gasteiger partial charge in [-0.3, -0.25) is 30.2 Å². The van der Waals surface area contributed by atoms with Crippen molar-refractivity contribution in [3.8, 4) is 11.5 Å². The zero-order valence-corrected chi connectivity index (χ0v) is 17.1. The maximum absolute atomic E-state index is 11.6. The number of nitro groups is 2. The maximum Gasteiger partial charge on any atom is 0.270 e. The lowest BCUT2D eigenvalue weighted by molar-refractivity contribution is -0.385. The summed E-state index contributed by atoms with van der Waals surface area (Å²) < 4.78 is 0. The van der Waals surface area contributed by atoms with E-state index in [0.717, 1.165) is 24.3 Å². The molecule has 0 aliphatic carbocycles. The van der Waals surface area contributed by atoms with Crippen LogP contribution in [0.2, 0.25) is 0 Å². The van der Waals surface area contributed by atoms with Crippen molar-refractivity contribution in [1.29, 1.82) is 0 Å². The second-order valence-electron chi connectivity index (χ2n) is 5.67. The topological polar surface area (TPSA) is 157 Å². The summed E-state index contributed by atoms with van der Waals surface area (Å²) in [5.41, 5.74) is 0.0386. The first kappa shape index (κ1) is 23.2. The molecule has 0 fully saturated rings. The Kier molecular flexibility index (Phi) is 9.09. The lowest BCUT2D eigenvalue weighted by Crippen LogP contribution is -1.99. The molecule has 0 radical (unpaired) electrons. The zero-order chi connectivity index (χ0) is 21.9. The molecule has 0 atom stereocenters. The van der Waals surface area contributed by atoms with Crippen molar-refractivity contribution in [2.45, 2.75) is 0 Å². The molecule has 30 heavy (non-hydrogen) atoms. The molecule has 0 amide bonds. The lowest BCUT2D eigenvalue weighted by Gasteiger charge is -2.08. The number of benzene rings is 2. The minimum atomic E-state index is -0.567. The largest absolute Gasteiger partial charge is 0.872 e. The van der Waals surface area contributed by atoms with E-state index in [1.54, 1.807) is 21.6 Å². The molecule has 2 aromatic carbocycles. The summed E-state index contributed by atoms with van der Waals surface area (Å²) in [5, 5.41) is 44.7. The molecule has 0 bridgehead atoms. The van der Waals surface area contributed by atoms with Crippen LogP contribution in [0.5, 0.6) is 11.5 Å². The van der Waals surface area contributed by atoms with Crippen LogP contribution < -0.4 is 10.2 Å². The van der Waals surface area contributed by atoms with Crippen LogP contribution in [0, 0.1) is 20.2 Å². The highest BCUT2D eigenvalue weighted by atomic mass is 33.1. The third kappa shape index (κ3) is 7.37. The van der Waals surface area contributed by atoms with E-state index in [0.29, 0.717) is 24.6 Å². The van der Waals surface area contributed by atoms with Gasteiger partial charge in [-0.2, -0.15) is 0 Å². The number of aliphatic imine (C=N–C) groups is 2. The molecule has 0 unspecified atom stereocenters. The molecule has 2 aromatic rings. The van der Waals surface area contributed by atoms with Gasteiger partial charge < -0.3 is 10.2 Å². The second kappa shape index (κ2) is 11.8. The molecule has 0 saturated carbocycles. The molecule has 158 valence electrons. The van der Waals surface area contributed by atoms with Crippen LogP contribution >= 0.6 is 21.6 Å². The van der Waals surface area contributed by atoms with Crippen LogP contribution in [0.4, 0.5) is 11.4 Å². The first-order valence-electron chi connectivity index (χ1n) is 8.53. The monoisotopic (exact) mass is 448 g/mol. The van der Waals surface area contributed by atoms with Crippen LogP contribution in [0.1, 0.15) is 11.1 Å². The van der Waals surface area contributed by atoms with Gasteiger partial charge in [-0.1, -0.05) is 45.2 Å². The minimum absolute atomic E-state index is 0.157. The molecule has 0 saturated heterocycles. The molecule has 0 spiro atoms. The van der Waals surface area contributed by atoms with Crippen molar-refractivity contribution in [2.75, 3.05) is 24.6 Å². The predicted molar refractivity (Wildman–Crippen MR) is 115 cm³/mol. The van der Waals surface area contributed by atoms with Crippen LogP contribution in [0.15, 0.2) is 46.4 Å². The summed E-state index contributed by atoms with van der Waals surface area (Å²) in [4.78, 5) is 28.5. The average molecular weight is 448 g/mol. The van der Waals surface area contributed by atoms with Gasteiger partial charge in [-0.25, -0.2) is 0 Å². The highest BCUT2D eigenvalue weighted by molar-refractivity contribution is 8.76. The summed E-state index contributed by atoms with van der Waals surface area (Å²) in [6.45, 7) is 0.882. The van der Waals surface area contributed by atoms with Crippen LogP contribution in [-0.2, 0) is 0 Å². The summed E-state index contributed by atoms with van der Waals surface area (Å²) in [6.07, 6.45) is 2.68. The van der Waals surface area contributed by atoms with E-state index >= 15 is 0 Å². The highest BCUT2D eigenvalue weighted by Crippen LogP contribution is 2.22. The molecule has 0 N–H and O–H groups in total. The van der Waals surface area contributed by atoms with Gasteiger partial charge >= 0.3 is 0 Å². The Morgan fingerprint density at radius 1 is 0.767 bits per heavy atom. The second-order valence-corrected chi connectivity index (χ2v) is 8.38. The average Bonchev–Trinajstić information content (AvgIpc) is 2.71. The van der Waals surface area contributed by atoms with Crippen molar-refractivity contribution in [2.24, 2.45) is 9.98 Å². The van der Waals surface area contributed by atoms with Crippen LogP contribution in [0.25, 0.3) is 0 Å². The molecule has 2 rings (SSSR count). The van der Waals surface area contributed by atoms with Gasteiger partial charge in [-0.15, -0.1) is 0 Å². The van der Waals surface area contributed by atoms with E-state index in [2.05, 4.69) is 9.98 Å². The predicted octanol–water partition coefficient (Wildman–Crippen LogP) is 2.57. The number of nitrogens with zero attached hydrogens (tertiary/aromatic N) is 4. The van der Waals surface area contributed by atoms with Gasteiger partial charge in [0.1, 0.15) is 0 Å². The normalized spacial score (nSPS) is 11.3. The number of rotatable bonds is 11. The van der Waals surface area contributed by atoms with Crippen molar-refractivity contribution < 1.29 is 20.1 Å². The Labute approximate surface area is 179 Å². The Bertz CT molecular complexity index is 890. The summed E-state index contributed by atoms with van der Waals surface area (Å²) in [5.74, 6) is 0.691. The van der Waals surface area contributed by atoms with Gasteiger partial charge in [0.2, 0.25) is 0 Å². The third-order valence-electron chi connectivity index (χ3n) is 3.56. The van der Waals surface area contributed by atoms with E-state index in [1.807, 2.05) is 0 Å². The SMILES string of the molecule is O=[N+]([O-])c1ccc([O-])c(C=NCCSSCCN=Cc2cc([N+](=O)[O-])ccc2[O-])c1. The van der Waals surface area contributed by atoms with Crippen molar-refractivity contribution >= 4 is 45.4 Å². The summed E-state index contributed by atoms with van der Waals surface area (Å²) in [7, 11) is 3.10. The Morgan fingerprint density at radius 3 is 1.53 bits per heavy atom. The van der Waals surface area contributed by atoms with Crippen molar-refractivity contribution in [1.82, 2.24) is 0 Å². The zero-order valence-electron chi connectivity index (χ0n) is 15.5. The fraction of sp³-hybridized carbons (Fsp3) is 0.222. The van der Waals surface area contributed by atoms with Crippen LogP contribution in [-0.4, -0.2) is 46.9 Å². The molecule has 0 heterocycles. The standard InChI is InChI=1S/C18H18N4O6S2/c23-17-3-1-15(21(25)26)9-13(17)11-19-5-7-29-30-8-6-20-12-14-10-16(22(27)28)2-4-18(14)24/h1-4,9-12,23-24H,5-8H2/p-2. The maximum atomic E-state index is 11.6. The van der Waals surface area contributed by atoms with E-state index < -0.39 is 9.85 Å². The minimum Gasteiger partial charge on any atom is -0.872 e. The Hall–Kier alpha value is -3.12. The van der Waals surface area contributed by atoms with E-state index in [-0.39, 0.29) is 34.0 Å². The van der Waals surface area contributed by atoms with Gasteiger partial charge in [0.15, 0.2) is 0 Å². The lowest BCUT2D eigenvalue weighted by atomic mass is 10.2. The van der Waals surface area contributed by atoms with Crippen molar-refractivity contribution in [3.63, 3.8) is 0 Å². The Balaban J connectivity index is 1.67. The summed E-state index contributed by atoms with van der Waals surface area (Å²) >= 11 is 0. The molecule has 0 aliphatic heterocycles. The number of nitro benzene ring substituents is 2. The van der Waals surface area contributed by atoms with Gasteiger partial charge in [0.05, 0.1) is 9.85 Å². The molecule has 0 aromatic heterocycles. The number of hydrogen-bond donors (Lipinski definition) is 0. The first-order chi connectivity index (χ1) is 14.4. The van der Waals surface area contributed by atoms with E-state index in [1.165, 1.54) is 24.6 Å². The number of non-ortho nitro benzene ring substituents is 2. The fourth-order valence-electron chi connectivity index (χ4n) is 2.12. The molecule has 12 heteroatoms. The molecular weight excluding hydrogens is 432 g/mol. The quantitative estimate of drug-likeness (QED) is 0.167. The third-order valence-corrected chi connectivity index (χ3v) is 5.93. The Morgan fingerprint density at radius 2 is 1.17 bits per heavy atom. The van der Waals surface area contributed by atoms with E-state index in [4.69, 9.17) is 0 Å². The molecule has 0 aliphatic rings. The van der Waals surface area contributed by atoms with Gasteiger partial charge in [-0.05, 0) is 11.1 Å².